The monoisotopic (exact) mass is 277 g/mol. The SMILES string of the molecule is CCC(NC(C)c1ccc(OC)c(F)c1)c1ccco1. The molecule has 1 N–H and O–H groups in total. The molecular weight excluding hydrogens is 257 g/mol. The van der Waals surface area contributed by atoms with Crippen molar-refractivity contribution < 1.29 is 13.5 Å². The van der Waals surface area contributed by atoms with Gasteiger partial charge >= 0.3 is 0 Å². The lowest BCUT2D eigenvalue weighted by molar-refractivity contribution is 0.372. The number of nitrogens with one attached hydrogen (secondary N) is 1. The van der Waals surface area contributed by atoms with Crippen molar-refractivity contribution in [2.45, 2.75) is 32.4 Å². The largest absolute Gasteiger partial charge is 0.494 e. The Bertz CT molecular complexity index is 539. The van der Waals surface area contributed by atoms with Crippen molar-refractivity contribution in [3.8, 4) is 5.75 Å². The highest BCUT2D eigenvalue weighted by Crippen LogP contribution is 2.25. The van der Waals surface area contributed by atoms with E-state index in [1.54, 1.807) is 12.3 Å². The number of rotatable bonds is 6. The van der Waals surface area contributed by atoms with E-state index in [2.05, 4.69) is 12.2 Å². The first-order chi connectivity index (χ1) is 9.65. The molecule has 0 aliphatic heterocycles. The van der Waals surface area contributed by atoms with E-state index in [0.717, 1.165) is 17.7 Å². The molecule has 0 saturated heterocycles. The van der Waals surface area contributed by atoms with Gasteiger partial charge in [-0.15, -0.1) is 0 Å². The van der Waals surface area contributed by atoms with Crippen molar-refractivity contribution in [3.05, 3.63) is 53.7 Å². The van der Waals surface area contributed by atoms with Crippen molar-refractivity contribution in [1.29, 1.82) is 0 Å². The maximum absolute atomic E-state index is 13.7. The molecule has 108 valence electrons. The highest BCUT2D eigenvalue weighted by molar-refractivity contribution is 5.31. The van der Waals surface area contributed by atoms with Gasteiger partial charge in [0, 0.05) is 6.04 Å². The first kappa shape index (κ1) is 14.6. The zero-order valence-electron chi connectivity index (χ0n) is 12.0. The molecule has 2 unspecified atom stereocenters. The van der Waals surface area contributed by atoms with Crippen molar-refractivity contribution in [2.24, 2.45) is 0 Å². The molecule has 0 aliphatic rings. The van der Waals surface area contributed by atoms with E-state index in [-0.39, 0.29) is 23.7 Å². The summed E-state index contributed by atoms with van der Waals surface area (Å²) in [6.45, 7) is 4.09. The Morgan fingerprint density at radius 3 is 2.70 bits per heavy atom. The third-order valence-electron chi connectivity index (χ3n) is 3.42. The molecule has 3 nitrogen and oxygen atoms in total. The van der Waals surface area contributed by atoms with E-state index in [9.17, 15) is 4.39 Å². The summed E-state index contributed by atoms with van der Waals surface area (Å²) < 4.78 is 24.1. The molecule has 1 aromatic heterocycles. The van der Waals surface area contributed by atoms with Crippen LogP contribution >= 0.6 is 0 Å². The second-order valence-corrected chi connectivity index (χ2v) is 4.76. The van der Waals surface area contributed by atoms with Crippen LogP contribution in [0.15, 0.2) is 41.0 Å². The fourth-order valence-electron chi connectivity index (χ4n) is 2.24. The van der Waals surface area contributed by atoms with Crippen LogP contribution in [0.4, 0.5) is 4.39 Å². The van der Waals surface area contributed by atoms with Crippen molar-refractivity contribution in [3.63, 3.8) is 0 Å². The van der Waals surface area contributed by atoms with Crippen LogP contribution in [0.25, 0.3) is 0 Å². The summed E-state index contributed by atoms with van der Waals surface area (Å²) in [5.74, 6) is 0.817. The number of hydrogen-bond donors (Lipinski definition) is 1. The maximum atomic E-state index is 13.7. The van der Waals surface area contributed by atoms with Gasteiger partial charge in [-0.1, -0.05) is 13.0 Å². The predicted molar refractivity (Wildman–Crippen MR) is 76.2 cm³/mol. The van der Waals surface area contributed by atoms with Crippen LogP contribution in [0.5, 0.6) is 5.75 Å². The molecule has 1 aromatic carbocycles. The average molecular weight is 277 g/mol. The van der Waals surface area contributed by atoms with E-state index in [1.807, 2.05) is 25.1 Å². The Morgan fingerprint density at radius 2 is 2.15 bits per heavy atom. The summed E-state index contributed by atoms with van der Waals surface area (Å²) >= 11 is 0. The third kappa shape index (κ3) is 3.20. The molecule has 2 rings (SSSR count). The molecule has 0 saturated carbocycles. The van der Waals surface area contributed by atoms with Crippen LogP contribution in [0, 0.1) is 5.82 Å². The Morgan fingerprint density at radius 1 is 1.35 bits per heavy atom. The van der Waals surface area contributed by atoms with Gasteiger partial charge in [-0.2, -0.15) is 0 Å². The van der Waals surface area contributed by atoms with Gasteiger partial charge in [0.05, 0.1) is 19.4 Å². The minimum absolute atomic E-state index is 0.0189. The number of ether oxygens (including phenoxy) is 1. The molecule has 0 fully saturated rings. The molecule has 2 aromatic rings. The highest BCUT2D eigenvalue weighted by Gasteiger charge is 2.17. The molecule has 20 heavy (non-hydrogen) atoms. The molecule has 0 aliphatic carbocycles. The number of methoxy groups -OCH3 is 1. The molecule has 2 atom stereocenters. The molecule has 0 radical (unpaired) electrons. The number of hydrogen-bond acceptors (Lipinski definition) is 3. The molecule has 4 heteroatoms. The number of benzene rings is 1. The molecule has 0 spiro atoms. The Labute approximate surface area is 118 Å². The van der Waals surface area contributed by atoms with E-state index < -0.39 is 0 Å². The van der Waals surface area contributed by atoms with Gasteiger partial charge < -0.3 is 14.5 Å². The van der Waals surface area contributed by atoms with Gasteiger partial charge in [0.1, 0.15) is 5.76 Å². The van der Waals surface area contributed by atoms with Crippen LogP contribution in [-0.4, -0.2) is 7.11 Å². The Balaban J connectivity index is 2.11. The first-order valence-corrected chi connectivity index (χ1v) is 6.78. The van der Waals surface area contributed by atoms with Gasteiger partial charge in [0.15, 0.2) is 11.6 Å². The zero-order chi connectivity index (χ0) is 14.5. The summed E-state index contributed by atoms with van der Waals surface area (Å²) in [6.07, 6.45) is 2.56. The first-order valence-electron chi connectivity index (χ1n) is 6.78. The van der Waals surface area contributed by atoms with E-state index in [1.165, 1.54) is 13.2 Å². The van der Waals surface area contributed by atoms with Gasteiger partial charge in [-0.3, -0.25) is 0 Å². The third-order valence-corrected chi connectivity index (χ3v) is 3.42. The summed E-state index contributed by atoms with van der Waals surface area (Å²) in [5.41, 5.74) is 0.883. The van der Waals surface area contributed by atoms with Crippen LogP contribution in [-0.2, 0) is 0 Å². The fraction of sp³-hybridized carbons (Fsp3) is 0.375. The number of halogens is 1. The predicted octanol–water partition coefficient (Wildman–Crippen LogP) is 4.23. The zero-order valence-corrected chi connectivity index (χ0v) is 12.0. The second kappa shape index (κ2) is 6.57. The standard InChI is InChI=1S/C16H20FNO2/c1-4-14(16-6-5-9-20-16)18-11(2)12-7-8-15(19-3)13(17)10-12/h5-11,14,18H,4H2,1-3H3. The Kier molecular flexibility index (Phi) is 4.79. The minimum Gasteiger partial charge on any atom is -0.494 e. The maximum Gasteiger partial charge on any atom is 0.165 e. The van der Waals surface area contributed by atoms with Crippen LogP contribution in [0.2, 0.25) is 0 Å². The van der Waals surface area contributed by atoms with Gasteiger partial charge in [0.2, 0.25) is 0 Å². The average Bonchev–Trinajstić information content (AvgIpc) is 2.98. The molecule has 1 heterocycles. The van der Waals surface area contributed by atoms with Crippen LogP contribution in [0.3, 0.4) is 0 Å². The lowest BCUT2D eigenvalue weighted by Crippen LogP contribution is -2.24. The van der Waals surface area contributed by atoms with E-state index in [4.69, 9.17) is 9.15 Å². The summed E-state index contributed by atoms with van der Waals surface area (Å²) in [6, 6.07) is 8.98. The topological polar surface area (TPSA) is 34.4 Å². The Hall–Kier alpha value is -1.81. The van der Waals surface area contributed by atoms with Gasteiger partial charge in [0.25, 0.3) is 0 Å². The molecule has 0 bridgehead atoms. The van der Waals surface area contributed by atoms with E-state index in [0.29, 0.717) is 0 Å². The van der Waals surface area contributed by atoms with Gasteiger partial charge in [-0.05, 0) is 43.2 Å². The normalized spacial score (nSPS) is 14.0. The lowest BCUT2D eigenvalue weighted by atomic mass is 10.1. The van der Waals surface area contributed by atoms with Crippen molar-refractivity contribution in [1.82, 2.24) is 5.32 Å². The van der Waals surface area contributed by atoms with Gasteiger partial charge in [-0.25, -0.2) is 4.39 Å². The summed E-state index contributed by atoms with van der Waals surface area (Å²) in [4.78, 5) is 0. The second-order valence-electron chi connectivity index (χ2n) is 4.76. The fourth-order valence-corrected chi connectivity index (χ4v) is 2.24. The minimum atomic E-state index is -0.343. The molecular formula is C16H20FNO2. The van der Waals surface area contributed by atoms with Crippen molar-refractivity contribution >= 4 is 0 Å². The molecule has 0 amide bonds. The summed E-state index contributed by atoms with van der Waals surface area (Å²) in [7, 11) is 1.46. The smallest absolute Gasteiger partial charge is 0.165 e. The number of furan rings is 1. The lowest BCUT2D eigenvalue weighted by Gasteiger charge is -2.21. The quantitative estimate of drug-likeness (QED) is 0.858. The van der Waals surface area contributed by atoms with Crippen LogP contribution in [0.1, 0.15) is 43.7 Å². The summed E-state index contributed by atoms with van der Waals surface area (Å²) in [5, 5.41) is 3.45. The highest BCUT2D eigenvalue weighted by atomic mass is 19.1. The van der Waals surface area contributed by atoms with Crippen molar-refractivity contribution in [2.75, 3.05) is 7.11 Å². The van der Waals surface area contributed by atoms with E-state index >= 15 is 0 Å². The van der Waals surface area contributed by atoms with Crippen LogP contribution < -0.4 is 10.1 Å².